The highest BCUT2D eigenvalue weighted by molar-refractivity contribution is 8.00. The zero-order valence-corrected chi connectivity index (χ0v) is 18.2. The van der Waals surface area contributed by atoms with Crippen molar-refractivity contribution in [2.45, 2.75) is 30.0 Å². The van der Waals surface area contributed by atoms with Crippen molar-refractivity contribution in [3.05, 3.63) is 76.5 Å². The predicted molar refractivity (Wildman–Crippen MR) is 120 cm³/mol. The summed E-state index contributed by atoms with van der Waals surface area (Å²) in [6.45, 7) is 2.75. The van der Waals surface area contributed by atoms with Gasteiger partial charge in [0.2, 0.25) is 5.13 Å². The Hall–Kier alpha value is -2.29. The van der Waals surface area contributed by atoms with Gasteiger partial charge in [-0.2, -0.15) is 0 Å². The van der Waals surface area contributed by atoms with Crippen LogP contribution in [0.1, 0.15) is 23.7 Å². The van der Waals surface area contributed by atoms with Crippen LogP contribution in [0.2, 0.25) is 0 Å². The van der Waals surface area contributed by atoms with Crippen LogP contribution in [0.3, 0.4) is 0 Å². The van der Waals surface area contributed by atoms with Gasteiger partial charge in [0.25, 0.3) is 0 Å². The van der Waals surface area contributed by atoms with Crippen molar-refractivity contribution < 1.29 is 4.39 Å². The fourth-order valence-corrected chi connectivity index (χ4v) is 5.22. The van der Waals surface area contributed by atoms with Crippen LogP contribution in [0.4, 0.5) is 9.52 Å². The van der Waals surface area contributed by atoms with Gasteiger partial charge in [-0.15, -0.1) is 21.5 Å². The summed E-state index contributed by atoms with van der Waals surface area (Å²) in [5.41, 5.74) is 4.54. The molecule has 0 unspecified atom stereocenters. The highest BCUT2D eigenvalue weighted by atomic mass is 32.2. The third kappa shape index (κ3) is 5.41. The molecule has 0 radical (unpaired) electrons. The lowest BCUT2D eigenvalue weighted by atomic mass is 10.1. The van der Waals surface area contributed by atoms with Crippen LogP contribution < -0.4 is 5.32 Å². The Labute approximate surface area is 181 Å². The molecule has 0 fully saturated rings. The summed E-state index contributed by atoms with van der Waals surface area (Å²) < 4.78 is 13.9. The van der Waals surface area contributed by atoms with Gasteiger partial charge in [-0.3, -0.25) is 0 Å². The summed E-state index contributed by atoms with van der Waals surface area (Å²) in [6, 6.07) is 15.0. The zero-order chi connectivity index (χ0) is 20.1. The van der Waals surface area contributed by atoms with Crippen molar-refractivity contribution >= 4 is 39.6 Å². The van der Waals surface area contributed by atoms with Gasteiger partial charge in [0, 0.05) is 23.2 Å². The third-order valence-electron chi connectivity index (χ3n) is 4.27. The number of rotatable bonds is 8. The van der Waals surface area contributed by atoms with Crippen molar-refractivity contribution in [1.82, 2.24) is 15.2 Å². The minimum absolute atomic E-state index is 0.230. The van der Waals surface area contributed by atoms with E-state index in [4.69, 9.17) is 4.98 Å². The normalized spacial score (nSPS) is 11.0. The van der Waals surface area contributed by atoms with Crippen molar-refractivity contribution in [1.29, 1.82) is 0 Å². The number of hydrogen-bond acceptors (Lipinski definition) is 7. The molecule has 29 heavy (non-hydrogen) atoms. The van der Waals surface area contributed by atoms with Crippen molar-refractivity contribution in [2.24, 2.45) is 0 Å². The first-order valence-corrected chi connectivity index (χ1v) is 11.9. The van der Waals surface area contributed by atoms with E-state index in [0.717, 1.165) is 43.5 Å². The number of nitrogens with zero attached hydrogens (tertiary/aromatic N) is 3. The van der Waals surface area contributed by atoms with E-state index >= 15 is 0 Å². The number of thioether (sulfide) groups is 1. The Morgan fingerprint density at radius 2 is 1.76 bits per heavy atom. The highest BCUT2D eigenvalue weighted by Gasteiger charge is 2.09. The number of hydrogen-bond donors (Lipinski definition) is 1. The number of halogens is 1. The van der Waals surface area contributed by atoms with Gasteiger partial charge in [-0.25, -0.2) is 9.37 Å². The van der Waals surface area contributed by atoms with E-state index in [1.165, 1.54) is 29.0 Å². The number of thiazole rings is 1. The molecule has 4 rings (SSSR count). The predicted octanol–water partition coefficient (Wildman–Crippen LogP) is 6.27. The molecule has 4 nitrogen and oxygen atoms in total. The van der Waals surface area contributed by atoms with Crippen LogP contribution in [0.15, 0.2) is 58.3 Å². The first kappa shape index (κ1) is 20.0. The topological polar surface area (TPSA) is 50.7 Å². The molecule has 2 aromatic heterocycles. The molecule has 2 aromatic carbocycles. The quantitative estimate of drug-likeness (QED) is 0.326. The van der Waals surface area contributed by atoms with E-state index in [-0.39, 0.29) is 5.82 Å². The van der Waals surface area contributed by atoms with Crippen LogP contribution in [0.25, 0.3) is 10.6 Å². The number of aryl methyl sites for hydroxylation is 1. The number of nitrogens with one attached hydrogen (secondary N) is 1. The van der Waals surface area contributed by atoms with Crippen LogP contribution in [-0.2, 0) is 18.7 Å². The third-order valence-corrected chi connectivity index (χ3v) is 7.26. The van der Waals surface area contributed by atoms with Gasteiger partial charge in [0.1, 0.15) is 10.8 Å². The van der Waals surface area contributed by atoms with Gasteiger partial charge in [0.15, 0.2) is 4.34 Å². The fourth-order valence-electron chi connectivity index (χ4n) is 2.64. The summed E-state index contributed by atoms with van der Waals surface area (Å²) in [5, 5.41) is 15.5. The summed E-state index contributed by atoms with van der Waals surface area (Å²) >= 11 is 4.81. The Morgan fingerprint density at radius 1 is 1.00 bits per heavy atom. The maximum Gasteiger partial charge on any atom is 0.206 e. The molecule has 0 aliphatic carbocycles. The van der Waals surface area contributed by atoms with E-state index in [2.05, 4.69) is 52.1 Å². The molecule has 0 spiro atoms. The zero-order valence-electron chi connectivity index (χ0n) is 15.8. The average Bonchev–Trinajstić information content (AvgIpc) is 3.41. The van der Waals surface area contributed by atoms with Crippen molar-refractivity contribution in [3.8, 4) is 10.6 Å². The molecule has 0 saturated carbocycles. The Bertz CT molecular complexity index is 1060. The number of anilines is 1. The number of aromatic nitrogens is 3. The van der Waals surface area contributed by atoms with Crippen LogP contribution in [0.5, 0.6) is 0 Å². The molecule has 0 aliphatic rings. The van der Waals surface area contributed by atoms with E-state index in [1.54, 1.807) is 35.2 Å². The molecule has 0 aliphatic heterocycles. The van der Waals surface area contributed by atoms with Crippen molar-refractivity contribution in [3.63, 3.8) is 0 Å². The molecule has 1 N–H and O–H groups in total. The Morgan fingerprint density at radius 3 is 2.52 bits per heavy atom. The average molecular weight is 443 g/mol. The minimum atomic E-state index is -0.230. The van der Waals surface area contributed by atoms with Gasteiger partial charge in [-0.05, 0) is 29.7 Å². The summed E-state index contributed by atoms with van der Waals surface area (Å²) in [4.78, 5) is 4.75. The highest BCUT2D eigenvalue weighted by Crippen LogP contribution is 2.31. The number of benzene rings is 2. The SMILES string of the molecule is CCc1ccc(-c2nc(CSc3nnc(NCc4ccc(F)cc4)s3)cs2)cc1. The molecule has 0 atom stereocenters. The fraction of sp³-hybridized carbons (Fsp3) is 0.190. The molecule has 4 aromatic rings. The molecule has 0 saturated heterocycles. The van der Waals surface area contributed by atoms with Gasteiger partial charge in [-0.1, -0.05) is 66.4 Å². The molecule has 0 amide bonds. The van der Waals surface area contributed by atoms with Gasteiger partial charge >= 0.3 is 0 Å². The first-order valence-electron chi connectivity index (χ1n) is 9.18. The van der Waals surface area contributed by atoms with Gasteiger partial charge in [0.05, 0.1) is 5.69 Å². The summed E-state index contributed by atoms with van der Waals surface area (Å²) in [6.07, 6.45) is 1.04. The second-order valence-electron chi connectivity index (χ2n) is 6.34. The largest absolute Gasteiger partial charge is 0.356 e. The van der Waals surface area contributed by atoms with Crippen molar-refractivity contribution in [2.75, 3.05) is 5.32 Å². The minimum Gasteiger partial charge on any atom is -0.356 e. The van der Waals surface area contributed by atoms with E-state index in [1.807, 2.05) is 0 Å². The Balaban J connectivity index is 1.30. The smallest absolute Gasteiger partial charge is 0.206 e. The maximum atomic E-state index is 13.0. The monoisotopic (exact) mass is 442 g/mol. The van der Waals surface area contributed by atoms with E-state index < -0.39 is 0 Å². The lowest BCUT2D eigenvalue weighted by molar-refractivity contribution is 0.627. The lowest BCUT2D eigenvalue weighted by Gasteiger charge is -2.01. The molecule has 0 bridgehead atoms. The molecule has 8 heteroatoms. The lowest BCUT2D eigenvalue weighted by Crippen LogP contribution is -1.98. The standard InChI is InChI=1S/C21H19FN4S3/c1-2-14-3-7-16(8-4-14)19-24-18(12-27-19)13-28-21-26-25-20(29-21)23-11-15-5-9-17(22)10-6-15/h3-10,12H,2,11,13H2,1H3,(H,23,25). The first-order chi connectivity index (χ1) is 14.2. The van der Waals surface area contributed by atoms with Gasteiger partial charge < -0.3 is 5.32 Å². The maximum absolute atomic E-state index is 13.0. The Kier molecular flexibility index (Phi) is 6.53. The van der Waals surface area contributed by atoms with Crippen LogP contribution in [0, 0.1) is 5.82 Å². The molecule has 148 valence electrons. The van der Waals surface area contributed by atoms with Crippen LogP contribution in [-0.4, -0.2) is 15.2 Å². The van der Waals surface area contributed by atoms with E-state index in [9.17, 15) is 4.39 Å². The summed E-state index contributed by atoms with van der Waals surface area (Å²) in [7, 11) is 0. The van der Waals surface area contributed by atoms with E-state index in [0.29, 0.717) is 6.54 Å². The second kappa shape index (κ2) is 9.47. The molecular formula is C21H19FN4S3. The molecular weight excluding hydrogens is 423 g/mol. The second-order valence-corrected chi connectivity index (χ2v) is 9.39. The molecule has 2 heterocycles. The van der Waals surface area contributed by atoms with Crippen LogP contribution >= 0.6 is 34.4 Å². The summed E-state index contributed by atoms with van der Waals surface area (Å²) in [5.74, 6) is 0.530.